The minimum atomic E-state index is -4.40. The van der Waals surface area contributed by atoms with E-state index in [4.69, 9.17) is 11.6 Å². The number of halogens is 4. The Bertz CT molecular complexity index is 447. The van der Waals surface area contributed by atoms with Crippen LogP contribution in [0, 0.1) is 6.92 Å². The fraction of sp³-hybridized carbons (Fsp3) is 0.500. The quantitative estimate of drug-likeness (QED) is 0.792. The first-order valence-electron chi connectivity index (χ1n) is 6.36. The number of carbonyl (C=O) groups is 1. The van der Waals surface area contributed by atoms with Crippen LogP contribution in [-0.2, 0) is 0 Å². The molecule has 1 aromatic rings. The molecule has 1 amide bonds. The number of carbonyl (C=O) groups excluding carboxylic acids is 1. The van der Waals surface area contributed by atoms with E-state index in [2.05, 4.69) is 0 Å². The highest BCUT2D eigenvalue weighted by Crippen LogP contribution is 2.20. The average molecular weight is 310 g/mol. The molecule has 2 nitrogen and oxygen atoms in total. The van der Waals surface area contributed by atoms with Gasteiger partial charge in [-0.3, -0.25) is 4.79 Å². The van der Waals surface area contributed by atoms with E-state index >= 15 is 0 Å². The van der Waals surface area contributed by atoms with Gasteiger partial charge in [-0.15, -0.1) is 0 Å². The zero-order valence-electron chi connectivity index (χ0n) is 12.0. The van der Waals surface area contributed by atoms with Crippen molar-refractivity contribution in [2.45, 2.75) is 33.9 Å². The summed E-state index contributed by atoms with van der Waals surface area (Å²) in [7, 11) is 0. The van der Waals surface area contributed by atoms with E-state index in [9.17, 15) is 18.0 Å². The van der Waals surface area contributed by atoms with Crippen molar-refractivity contribution in [2.75, 3.05) is 13.1 Å². The number of amides is 1. The van der Waals surface area contributed by atoms with Gasteiger partial charge in [0.25, 0.3) is 5.91 Å². The van der Waals surface area contributed by atoms with E-state index in [0.717, 1.165) is 4.90 Å². The second kappa shape index (κ2) is 8.15. The lowest BCUT2D eigenvalue weighted by Gasteiger charge is -2.22. The highest BCUT2D eigenvalue weighted by molar-refractivity contribution is 6.31. The Hall–Kier alpha value is -1.23. The predicted molar refractivity (Wildman–Crippen MR) is 75.2 cm³/mol. The second-order valence-electron chi connectivity index (χ2n) is 3.90. The van der Waals surface area contributed by atoms with Crippen molar-refractivity contribution in [1.82, 2.24) is 4.90 Å². The number of nitrogens with zero attached hydrogens (tertiary/aromatic N) is 1. The van der Waals surface area contributed by atoms with Gasteiger partial charge in [0.15, 0.2) is 0 Å². The van der Waals surface area contributed by atoms with Crippen molar-refractivity contribution in [1.29, 1.82) is 0 Å². The zero-order valence-corrected chi connectivity index (χ0v) is 12.8. The lowest BCUT2D eigenvalue weighted by Crippen LogP contribution is -2.38. The second-order valence-corrected chi connectivity index (χ2v) is 4.31. The number of alkyl halides is 3. The van der Waals surface area contributed by atoms with E-state index < -0.39 is 18.6 Å². The van der Waals surface area contributed by atoms with E-state index in [0.29, 0.717) is 10.6 Å². The molecule has 0 spiro atoms. The summed E-state index contributed by atoms with van der Waals surface area (Å²) in [6.45, 7) is 5.95. The van der Waals surface area contributed by atoms with Crippen LogP contribution in [0.1, 0.15) is 36.7 Å². The Morgan fingerprint density at radius 1 is 1.30 bits per heavy atom. The Morgan fingerprint density at radius 3 is 2.25 bits per heavy atom. The van der Waals surface area contributed by atoms with Crippen LogP contribution in [0.25, 0.3) is 0 Å². The van der Waals surface area contributed by atoms with Crippen LogP contribution in [0.4, 0.5) is 13.2 Å². The summed E-state index contributed by atoms with van der Waals surface area (Å²) < 4.78 is 36.9. The van der Waals surface area contributed by atoms with E-state index in [1.807, 2.05) is 13.8 Å². The topological polar surface area (TPSA) is 20.3 Å². The van der Waals surface area contributed by atoms with Crippen molar-refractivity contribution in [3.8, 4) is 0 Å². The molecule has 0 aliphatic rings. The summed E-state index contributed by atoms with van der Waals surface area (Å²) in [5.41, 5.74) is 0.869. The fourth-order valence-corrected chi connectivity index (χ4v) is 1.62. The van der Waals surface area contributed by atoms with Crippen molar-refractivity contribution < 1.29 is 18.0 Å². The number of hydrogen-bond donors (Lipinski definition) is 0. The summed E-state index contributed by atoms with van der Waals surface area (Å²) >= 11 is 5.80. The standard InChI is InChI=1S/C12H13ClF3NO.C2H6/c1-3-17(7-12(14,15)16)11(18)9-4-5-10(13)8(2)6-9;1-2/h4-6H,3,7H2,1-2H3;1-2H3. The summed E-state index contributed by atoms with van der Waals surface area (Å²) in [6, 6.07) is 4.42. The van der Waals surface area contributed by atoms with Gasteiger partial charge in [-0.05, 0) is 37.6 Å². The molecular formula is C14H19ClF3NO. The molecule has 0 N–H and O–H groups in total. The average Bonchev–Trinajstić information content (AvgIpc) is 2.39. The molecule has 0 saturated heterocycles. The molecule has 6 heteroatoms. The Kier molecular flexibility index (Phi) is 7.64. The molecule has 0 bridgehead atoms. The van der Waals surface area contributed by atoms with Gasteiger partial charge in [-0.1, -0.05) is 25.4 Å². The maximum Gasteiger partial charge on any atom is 0.406 e. The maximum absolute atomic E-state index is 12.3. The molecule has 0 atom stereocenters. The van der Waals surface area contributed by atoms with Gasteiger partial charge >= 0.3 is 6.18 Å². The van der Waals surface area contributed by atoms with Gasteiger partial charge in [-0.25, -0.2) is 0 Å². The van der Waals surface area contributed by atoms with Gasteiger partial charge in [0.05, 0.1) is 0 Å². The Labute approximate surface area is 122 Å². The molecule has 0 aliphatic heterocycles. The van der Waals surface area contributed by atoms with Crippen LogP contribution in [0.15, 0.2) is 18.2 Å². The number of benzene rings is 1. The maximum atomic E-state index is 12.3. The molecule has 0 aliphatic carbocycles. The molecule has 0 saturated carbocycles. The normalized spacial score (nSPS) is 10.6. The van der Waals surface area contributed by atoms with Crippen LogP contribution < -0.4 is 0 Å². The minimum absolute atomic E-state index is 0.0000172. The first kappa shape index (κ1) is 18.8. The minimum Gasteiger partial charge on any atom is -0.330 e. The van der Waals surface area contributed by atoms with E-state index in [1.54, 1.807) is 6.92 Å². The third-order valence-electron chi connectivity index (χ3n) is 2.44. The summed E-state index contributed by atoms with van der Waals surface area (Å²) in [5.74, 6) is -0.644. The lowest BCUT2D eigenvalue weighted by atomic mass is 10.1. The highest BCUT2D eigenvalue weighted by Gasteiger charge is 2.32. The van der Waals surface area contributed by atoms with Crippen molar-refractivity contribution >= 4 is 17.5 Å². The molecule has 1 rings (SSSR count). The third kappa shape index (κ3) is 5.82. The van der Waals surface area contributed by atoms with E-state index in [1.165, 1.54) is 25.1 Å². The Morgan fingerprint density at radius 2 is 1.85 bits per heavy atom. The molecule has 0 unspecified atom stereocenters. The van der Waals surface area contributed by atoms with Gasteiger partial charge < -0.3 is 4.90 Å². The molecule has 0 fully saturated rings. The van der Waals surface area contributed by atoms with Crippen molar-refractivity contribution in [2.24, 2.45) is 0 Å². The monoisotopic (exact) mass is 309 g/mol. The molecular weight excluding hydrogens is 291 g/mol. The SMILES string of the molecule is CC.CCN(CC(F)(F)F)C(=O)c1ccc(Cl)c(C)c1. The largest absolute Gasteiger partial charge is 0.406 e. The Balaban J connectivity index is 0.00000172. The van der Waals surface area contributed by atoms with Gasteiger partial charge in [-0.2, -0.15) is 13.2 Å². The molecule has 0 aromatic heterocycles. The van der Waals surface area contributed by atoms with Gasteiger partial charge in [0.1, 0.15) is 6.54 Å². The van der Waals surface area contributed by atoms with Crippen LogP contribution >= 0.6 is 11.6 Å². The molecule has 114 valence electrons. The van der Waals surface area contributed by atoms with Crippen molar-refractivity contribution in [3.63, 3.8) is 0 Å². The van der Waals surface area contributed by atoms with Gasteiger partial charge in [0.2, 0.25) is 0 Å². The first-order chi connectivity index (χ1) is 9.24. The van der Waals surface area contributed by atoms with Crippen LogP contribution in [-0.4, -0.2) is 30.1 Å². The molecule has 0 radical (unpaired) electrons. The summed E-state index contributed by atoms with van der Waals surface area (Å²) in [4.78, 5) is 12.7. The number of aryl methyl sites for hydroxylation is 1. The highest BCUT2D eigenvalue weighted by atomic mass is 35.5. The number of rotatable bonds is 3. The number of hydrogen-bond acceptors (Lipinski definition) is 1. The van der Waals surface area contributed by atoms with E-state index in [-0.39, 0.29) is 12.1 Å². The fourth-order valence-electron chi connectivity index (χ4n) is 1.50. The van der Waals surface area contributed by atoms with Crippen LogP contribution in [0.2, 0.25) is 5.02 Å². The molecule has 20 heavy (non-hydrogen) atoms. The van der Waals surface area contributed by atoms with Crippen LogP contribution in [0.5, 0.6) is 0 Å². The summed E-state index contributed by atoms with van der Waals surface area (Å²) in [5, 5.41) is 0.477. The predicted octanol–water partition coefficient (Wildman–Crippen LogP) is 4.70. The lowest BCUT2D eigenvalue weighted by molar-refractivity contribution is -0.140. The van der Waals surface area contributed by atoms with Crippen molar-refractivity contribution in [3.05, 3.63) is 34.3 Å². The third-order valence-corrected chi connectivity index (χ3v) is 2.87. The van der Waals surface area contributed by atoms with Crippen LogP contribution in [0.3, 0.4) is 0 Å². The molecule has 0 heterocycles. The van der Waals surface area contributed by atoms with Gasteiger partial charge in [0, 0.05) is 17.1 Å². The molecule has 1 aromatic carbocycles. The smallest absolute Gasteiger partial charge is 0.330 e. The first-order valence-corrected chi connectivity index (χ1v) is 6.74. The summed E-state index contributed by atoms with van der Waals surface area (Å²) in [6.07, 6.45) is -4.40. The zero-order chi connectivity index (χ0) is 15.9.